The van der Waals surface area contributed by atoms with E-state index in [-0.39, 0.29) is 5.97 Å². The van der Waals surface area contributed by atoms with Crippen molar-refractivity contribution in [3.63, 3.8) is 0 Å². The van der Waals surface area contributed by atoms with Gasteiger partial charge < -0.3 is 14.4 Å². The zero-order valence-corrected chi connectivity index (χ0v) is 18.2. The van der Waals surface area contributed by atoms with Gasteiger partial charge in [-0.15, -0.1) is 0 Å². The number of piperidine rings is 1. The molecule has 4 aromatic rings. The number of benzene rings is 4. The lowest BCUT2D eigenvalue weighted by molar-refractivity contribution is 0.0229. The number of carbonyl (C=O) groups is 1. The van der Waals surface area contributed by atoms with Gasteiger partial charge in [-0.25, -0.2) is 4.79 Å². The Hall–Kier alpha value is -3.79. The summed E-state index contributed by atoms with van der Waals surface area (Å²) < 4.78 is 12.9. The molecule has 0 N–H and O–H groups in total. The average Bonchev–Trinajstić information content (AvgIpc) is 3.17. The first-order valence-electron chi connectivity index (χ1n) is 11.7. The number of nitrogens with zero attached hydrogens (tertiary/aromatic N) is 1. The van der Waals surface area contributed by atoms with Crippen LogP contribution in [-0.4, -0.2) is 19.1 Å². The van der Waals surface area contributed by atoms with Gasteiger partial charge in [-0.05, 0) is 54.3 Å². The Morgan fingerprint density at radius 1 is 0.758 bits per heavy atom. The molecule has 0 radical (unpaired) electrons. The first-order valence-corrected chi connectivity index (χ1v) is 11.7. The van der Waals surface area contributed by atoms with Crippen LogP contribution in [-0.2, 0) is 10.3 Å². The third-order valence-electron chi connectivity index (χ3n) is 7.30. The topological polar surface area (TPSA) is 38.8 Å². The van der Waals surface area contributed by atoms with Gasteiger partial charge in [-0.2, -0.15) is 0 Å². The van der Waals surface area contributed by atoms with Gasteiger partial charge in [-0.3, -0.25) is 0 Å². The summed E-state index contributed by atoms with van der Waals surface area (Å²) >= 11 is 0. The molecule has 162 valence electrons. The van der Waals surface area contributed by atoms with Crippen LogP contribution in [0.4, 0.5) is 5.69 Å². The van der Waals surface area contributed by atoms with Crippen LogP contribution in [0.15, 0.2) is 78.9 Å². The molecular weight excluding hydrogens is 410 g/mol. The molecule has 4 heteroatoms. The van der Waals surface area contributed by atoms with Gasteiger partial charge in [0.1, 0.15) is 11.5 Å². The predicted octanol–water partition coefficient (Wildman–Crippen LogP) is 6.40. The third-order valence-corrected chi connectivity index (χ3v) is 7.30. The van der Waals surface area contributed by atoms with E-state index in [2.05, 4.69) is 41.3 Å². The third kappa shape index (κ3) is 2.55. The van der Waals surface area contributed by atoms with Gasteiger partial charge in [-0.1, -0.05) is 48.5 Å². The van der Waals surface area contributed by atoms with Crippen LogP contribution in [0.5, 0.6) is 11.5 Å². The van der Waals surface area contributed by atoms with Crippen molar-refractivity contribution < 1.29 is 14.3 Å². The summed E-state index contributed by atoms with van der Waals surface area (Å²) in [4.78, 5) is 15.6. The molecular formula is C29H23NO3. The summed E-state index contributed by atoms with van der Waals surface area (Å²) in [5, 5.41) is 2.12. The fourth-order valence-electron chi connectivity index (χ4n) is 5.79. The predicted molar refractivity (Wildman–Crippen MR) is 128 cm³/mol. The summed E-state index contributed by atoms with van der Waals surface area (Å²) in [6, 6.07) is 26.4. The Labute approximate surface area is 192 Å². The molecule has 0 saturated carbocycles. The quantitative estimate of drug-likeness (QED) is 0.326. The SMILES string of the molecule is O=C1OC2(c3ccc(N4CCCCC4)cc3Oc3ccc4ccccc4c32)c2ccccc21. The van der Waals surface area contributed by atoms with Crippen LogP contribution < -0.4 is 9.64 Å². The number of esters is 1. The maximum atomic E-state index is 13.1. The zero-order chi connectivity index (χ0) is 22.0. The minimum absolute atomic E-state index is 0.294. The van der Waals surface area contributed by atoms with Crippen molar-refractivity contribution in [2.45, 2.75) is 24.9 Å². The molecule has 3 aliphatic heterocycles. The Kier molecular flexibility index (Phi) is 3.89. The highest BCUT2D eigenvalue weighted by molar-refractivity contribution is 6.00. The smallest absolute Gasteiger partial charge is 0.340 e. The highest BCUT2D eigenvalue weighted by Crippen LogP contribution is 2.58. The lowest BCUT2D eigenvalue weighted by atomic mass is 9.76. The van der Waals surface area contributed by atoms with Crippen molar-refractivity contribution >= 4 is 22.4 Å². The molecule has 1 spiro atoms. The zero-order valence-electron chi connectivity index (χ0n) is 18.2. The van der Waals surface area contributed by atoms with E-state index >= 15 is 0 Å². The van der Waals surface area contributed by atoms with E-state index < -0.39 is 5.60 Å². The Morgan fingerprint density at radius 3 is 2.48 bits per heavy atom. The average molecular weight is 434 g/mol. The van der Waals surface area contributed by atoms with Crippen LogP contribution in [0, 0.1) is 0 Å². The molecule has 4 aromatic carbocycles. The Morgan fingerprint density at radius 2 is 1.58 bits per heavy atom. The second-order valence-electron chi connectivity index (χ2n) is 9.11. The van der Waals surface area contributed by atoms with Crippen molar-refractivity contribution in [2.24, 2.45) is 0 Å². The highest BCUT2D eigenvalue weighted by atomic mass is 16.6. The van der Waals surface area contributed by atoms with E-state index in [0.29, 0.717) is 5.56 Å². The van der Waals surface area contributed by atoms with E-state index in [1.807, 2.05) is 42.5 Å². The highest BCUT2D eigenvalue weighted by Gasteiger charge is 2.54. The van der Waals surface area contributed by atoms with Crippen LogP contribution in [0.1, 0.15) is 46.3 Å². The van der Waals surface area contributed by atoms with E-state index in [4.69, 9.17) is 9.47 Å². The molecule has 33 heavy (non-hydrogen) atoms. The molecule has 1 fully saturated rings. The van der Waals surface area contributed by atoms with E-state index in [0.717, 1.165) is 57.7 Å². The van der Waals surface area contributed by atoms with Gasteiger partial charge in [0.15, 0.2) is 5.60 Å². The summed E-state index contributed by atoms with van der Waals surface area (Å²) in [5.74, 6) is 1.20. The monoisotopic (exact) mass is 433 g/mol. The van der Waals surface area contributed by atoms with Crippen LogP contribution in [0.25, 0.3) is 10.8 Å². The molecule has 3 heterocycles. The first-order chi connectivity index (χ1) is 16.3. The van der Waals surface area contributed by atoms with Gasteiger partial charge >= 0.3 is 5.97 Å². The molecule has 4 nitrogen and oxygen atoms in total. The first kappa shape index (κ1) is 18.8. The normalized spacial score (nSPS) is 20.7. The van der Waals surface area contributed by atoms with Crippen molar-refractivity contribution in [3.05, 3.63) is 101 Å². The van der Waals surface area contributed by atoms with Gasteiger partial charge in [0.05, 0.1) is 11.1 Å². The summed E-state index contributed by atoms with van der Waals surface area (Å²) in [7, 11) is 0. The molecule has 0 amide bonds. The molecule has 3 aliphatic rings. The maximum absolute atomic E-state index is 13.1. The summed E-state index contributed by atoms with van der Waals surface area (Å²) in [5.41, 5.74) is 3.40. The number of anilines is 1. The van der Waals surface area contributed by atoms with Crippen molar-refractivity contribution in [1.82, 2.24) is 0 Å². The van der Waals surface area contributed by atoms with Gasteiger partial charge in [0.25, 0.3) is 0 Å². The number of ether oxygens (including phenoxy) is 2. The number of hydrogen-bond acceptors (Lipinski definition) is 4. The minimum atomic E-state index is -1.03. The number of hydrogen-bond donors (Lipinski definition) is 0. The standard InChI is InChI=1S/C29H23NO3/c31-28-22-10-4-5-11-23(22)29(33-28)24-14-13-20(30-16-6-1-7-17-30)18-26(24)32-25-15-12-19-8-2-3-9-21(19)27(25)29/h2-5,8-15,18H,1,6-7,16-17H2. The van der Waals surface area contributed by atoms with Gasteiger partial charge in [0.2, 0.25) is 0 Å². The fraction of sp³-hybridized carbons (Fsp3) is 0.207. The molecule has 0 bridgehead atoms. The van der Waals surface area contributed by atoms with E-state index in [1.165, 1.54) is 19.3 Å². The Bertz CT molecular complexity index is 1440. The molecule has 0 aliphatic carbocycles. The lowest BCUT2D eigenvalue weighted by Crippen LogP contribution is -2.34. The summed E-state index contributed by atoms with van der Waals surface area (Å²) in [6.07, 6.45) is 3.71. The van der Waals surface area contributed by atoms with E-state index in [9.17, 15) is 4.79 Å². The molecule has 1 unspecified atom stereocenters. The van der Waals surface area contributed by atoms with Crippen molar-refractivity contribution in [1.29, 1.82) is 0 Å². The number of fused-ring (bicyclic) bond motifs is 8. The fourth-order valence-corrected chi connectivity index (χ4v) is 5.79. The van der Waals surface area contributed by atoms with Crippen LogP contribution in [0.3, 0.4) is 0 Å². The molecule has 1 atom stereocenters. The molecule has 1 saturated heterocycles. The number of rotatable bonds is 1. The molecule has 7 rings (SSSR count). The van der Waals surface area contributed by atoms with Crippen molar-refractivity contribution in [3.8, 4) is 11.5 Å². The van der Waals surface area contributed by atoms with Crippen LogP contribution >= 0.6 is 0 Å². The molecule has 0 aromatic heterocycles. The largest absolute Gasteiger partial charge is 0.456 e. The van der Waals surface area contributed by atoms with Crippen molar-refractivity contribution in [2.75, 3.05) is 18.0 Å². The second-order valence-corrected chi connectivity index (χ2v) is 9.11. The lowest BCUT2D eigenvalue weighted by Gasteiger charge is -2.38. The maximum Gasteiger partial charge on any atom is 0.340 e. The second kappa shape index (κ2) is 6.85. The van der Waals surface area contributed by atoms with E-state index in [1.54, 1.807) is 0 Å². The van der Waals surface area contributed by atoms with Crippen LogP contribution in [0.2, 0.25) is 0 Å². The summed E-state index contributed by atoms with van der Waals surface area (Å²) in [6.45, 7) is 2.12. The number of carbonyl (C=O) groups excluding carboxylic acids is 1. The Balaban J connectivity index is 1.53. The minimum Gasteiger partial charge on any atom is -0.456 e. The van der Waals surface area contributed by atoms with Gasteiger partial charge in [0, 0.05) is 36.0 Å².